The van der Waals surface area contributed by atoms with Crippen LogP contribution in [0.1, 0.15) is 26.7 Å². The molecule has 1 amide bonds. The van der Waals surface area contributed by atoms with Crippen LogP contribution in [0.3, 0.4) is 0 Å². The number of carbonyl (C=O) groups is 1. The molecule has 1 aliphatic heterocycles. The van der Waals surface area contributed by atoms with Gasteiger partial charge in [0.1, 0.15) is 0 Å². The first-order chi connectivity index (χ1) is 7.52. The Morgan fingerprint density at radius 1 is 1.44 bits per heavy atom. The van der Waals surface area contributed by atoms with Crippen LogP contribution in [0.5, 0.6) is 0 Å². The maximum absolute atomic E-state index is 11.6. The number of hydrogen-bond acceptors (Lipinski definition) is 4. The molecule has 16 heavy (non-hydrogen) atoms. The van der Waals surface area contributed by atoms with Crippen molar-refractivity contribution in [3.63, 3.8) is 0 Å². The monoisotopic (exact) mass is 230 g/mol. The number of carbonyl (C=O) groups excluding carboxylic acids is 1. The van der Waals surface area contributed by atoms with E-state index in [1.54, 1.807) is 4.90 Å². The quantitative estimate of drug-likeness (QED) is 0.585. The first kappa shape index (κ1) is 13.4. The number of nitrogens with zero attached hydrogens (tertiary/aromatic N) is 1. The van der Waals surface area contributed by atoms with Crippen molar-refractivity contribution in [3.8, 4) is 0 Å². The van der Waals surface area contributed by atoms with E-state index in [2.05, 4.69) is 12.2 Å². The molecule has 1 fully saturated rings. The van der Waals surface area contributed by atoms with Gasteiger partial charge in [-0.1, -0.05) is 13.3 Å². The van der Waals surface area contributed by atoms with E-state index < -0.39 is 12.2 Å². The second-order valence-corrected chi connectivity index (χ2v) is 4.59. The van der Waals surface area contributed by atoms with Gasteiger partial charge in [0.25, 0.3) is 0 Å². The molecule has 0 aromatic carbocycles. The lowest BCUT2D eigenvalue weighted by atomic mass is 10.2. The van der Waals surface area contributed by atoms with Gasteiger partial charge >= 0.3 is 0 Å². The van der Waals surface area contributed by atoms with Crippen LogP contribution < -0.4 is 5.32 Å². The lowest BCUT2D eigenvalue weighted by molar-refractivity contribution is -0.122. The third kappa shape index (κ3) is 4.08. The van der Waals surface area contributed by atoms with E-state index >= 15 is 0 Å². The lowest BCUT2D eigenvalue weighted by Crippen LogP contribution is -2.40. The molecule has 0 bridgehead atoms. The van der Waals surface area contributed by atoms with Crippen molar-refractivity contribution in [2.45, 2.75) is 44.9 Å². The maximum Gasteiger partial charge on any atom is 0.234 e. The van der Waals surface area contributed by atoms with Crippen LogP contribution in [-0.2, 0) is 4.79 Å². The third-order valence-corrected chi connectivity index (χ3v) is 2.83. The van der Waals surface area contributed by atoms with Crippen LogP contribution >= 0.6 is 0 Å². The summed E-state index contributed by atoms with van der Waals surface area (Å²) in [7, 11) is 0. The average Bonchev–Trinajstić information content (AvgIpc) is 2.45. The van der Waals surface area contributed by atoms with Gasteiger partial charge < -0.3 is 15.5 Å². The third-order valence-electron chi connectivity index (χ3n) is 2.83. The molecular formula is C11H22N2O3. The number of nitrogens with one attached hydrogen (secondary N) is 1. The molecule has 0 aliphatic carbocycles. The van der Waals surface area contributed by atoms with Crippen molar-refractivity contribution in [3.05, 3.63) is 0 Å². The molecule has 1 aliphatic rings. The van der Waals surface area contributed by atoms with Crippen LogP contribution in [0, 0.1) is 0 Å². The van der Waals surface area contributed by atoms with Gasteiger partial charge in [0.15, 0.2) is 0 Å². The second-order valence-electron chi connectivity index (χ2n) is 4.59. The summed E-state index contributed by atoms with van der Waals surface area (Å²) in [6.45, 7) is 5.06. The summed E-state index contributed by atoms with van der Waals surface area (Å²) in [5, 5.41) is 21.5. The molecule has 3 atom stereocenters. The van der Waals surface area contributed by atoms with Crippen LogP contribution in [0.4, 0.5) is 0 Å². The van der Waals surface area contributed by atoms with Gasteiger partial charge in [0, 0.05) is 19.1 Å². The number of amides is 1. The van der Waals surface area contributed by atoms with Crippen molar-refractivity contribution < 1.29 is 15.0 Å². The van der Waals surface area contributed by atoms with E-state index in [0.29, 0.717) is 13.1 Å². The number of aliphatic hydroxyl groups excluding tert-OH is 2. The Bertz CT molecular complexity index is 225. The Labute approximate surface area is 96.4 Å². The minimum Gasteiger partial charge on any atom is -0.389 e. The molecule has 1 heterocycles. The summed E-state index contributed by atoms with van der Waals surface area (Å²) >= 11 is 0. The van der Waals surface area contributed by atoms with E-state index in [4.69, 9.17) is 0 Å². The summed E-state index contributed by atoms with van der Waals surface area (Å²) in [5.41, 5.74) is 0. The summed E-state index contributed by atoms with van der Waals surface area (Å²) in [5.74, 6) is -0.0396. The molecular weight excluding hydrogens is 208 g/mol. The van der Waals surface area contributed by atoms with Gasteiger partial charge in [0.05, 0.1) is 18.8 Å². The van der Waals surface area contributed by atoms with Crippen LogP contribution in [0.2, 0.25) is 0 Å². The van der Waals surface area contributed by atoms with Crippen molar-refractivity contribution in [2.75, 3.05) is 19.6 Å². The molecule has 1 rings (SSSR count). The van der Waals surface area contributed by atoms with E-state index in [1.165, 1.54) is 0 Å². The molecule has 1 saturated heterocycles. The second kappa shape index (κ2) is 6.18. The molecule has 3 N–H and O–H groups in total. The zero-order valence-corrected chi connectivity index (χ0v) is 10.0. The van der Waals surface area contributed by atoms with Gasteiger partial charge in [-0.3, -0.25) is 9.69 Å². The van der Waals surface area contributed by atoms with E-state index in [-0.39, 0.29) is 18.5 Å². The van der Waals surface area contributed by atoms with E-state index in [1.807, 2.05) is 6.92 Å². The number of likely N-dealkylation sites (tertiary alicyclic amines) is 1. The summed E-state index contributed by atoms with van der Waals surface area (Å²) in [6, 6.07) is 0.190. The Morgan fingerprint density at radius 2 is 2.00 bits per heavy atom. The predicted octanol–water partition coefficient (Wildman–Crippen LogP) is -0.671. The highest BCUT2D eigenvalue weighted by molar-refractivity contribution is 5.78. The molecule has 0 aromatic rings. The smallest absolute Gasteiger partial charge is 0.234 e. The molecule has 0 saturated carbocycles. The highest BCUT2D eigenvalue weighted by Gasteiger charge is 2.30. The van der Waals surface area contributed by atoms with Gasteiger partial charge in [-0.15, -0.1) is 0 Å². The van der Waals surface area contributed by atoms with E-state index in [0.717, 1.165) is 12.8 Å². The van der Waals surface area contributed by atoms with E-state index in [9.17, 15) is 15.0 Å². The highest BCUT2D eigenvalue weighted by atomic mass is 16.3. The molecule has 5 heteroatoms. The lowest BCUT2D eigenvalue weighted by Gasteiger charge is -2.17. The topological polar surface area (TPSA) is 72.8 Å². The van der Waals surface area contributed by atoms with Crippen molar-refractivity contribution >= 4 is 5.91 Å². The Hall–Kier alpha value is -0.650. The highest BCUT2D eigenvalue weighted by Crippen LogP contribution is 2.09. The fraction of sp³-hybridized carbons (Fsp3) is 0.909. The predicted molar refractivity (Wildman–Crippen MR) is 61.0 cm³/mol. The van der Waals surface area contributed by atoms with Crippen LogP contribution in [0.15, 0.2) is 0 Å². The summed E-state index contributed by atoms with van der Waals surface area (Å²) in [4.78, 5) is 13.3. The number of β-amino-alcohol motifs (C(OH)–C–C–N with tert-alkyl or cyclic N) is 2. The average molecular weight is 230 g/mol. The zero-order chi connectivity index (χ0) is 12.1. The molecule has 5 nitrogen and oxygen atoms in total. The number of hydrogen-bond donors (Lipinski definition) is 3. The first-order valence-corrected chi connectivity index (χ1v) is 5.90. The molecule has 3 unspecified atom stereocenters. The molecule has 94 valence electrons. The van der Waals surface area contributed by atoms with Crippen LogP contribution in [0.25, 0.3) is 0 Å². The number of aliphatic hydroxyl groups is 2. The van der Waals surface area contributed by atoms with Gasteiger partial charge in [0.2, 0.25) is 5.91 Å². The largest absolute Gasteiger partial charge is 0.389 e. The summed E-state index contributed by atoms with van der Waals surface area (Å²) < 4.78 is 0. The Kier molecular flexibility index (Phi) is 5.18. The number of rotatable bonds is 5. The Morgan fingerprint density at radius 3 is 2.50 bits per heavy atom. The van der Waals surface area contributed by atoms with Crippen molar-refractivity contribution in [1.82, 2.24) is 10.2 Å². The fourth-order valence-electron chi connectivity index (χ4n) is 2.00. The van der Waals surface area contributed by atoms with Gasteiger partial charge in [-0.25, -0.2) is 0 Å². The SMILES string of the molecule is CCCC(C)NC(=O)CN1CC(O)C(O)C1. The molecule has 0 spiro atoms. The minimum absolute atomic E-state index is 0.0396. The minimum atomic E-state index is -0.721. The van der Waals surface area contributed by atoms with Crippen molar-refractivity contribution in [1.29, 1.82) is 0 Å². The normalized spacial score (nSPS) is 28.0. The molecule has 0 radical (unpaired) electrons. The first-order valence-electron chi connectivity index (χ1n) is 5.90. The zero-order valence-electron chi connectivity index (χ0n) is 10.0. The van der Waals surface area contributed by atoms with Crippen LogP contribution in [-0.4, -0.2) is 58.9 Å². The standard InChI is InChI=1S/C11H22N2O3/c1-3-4-8(2)12-11(16)7-13-5-9(14)10(15)6-13/h8-10,14-15H,3-7H2,1-2H3,(H,12,16). The van der Waals surface area contributed by atoms with Crippen molar-refractivity contribution in [2.24, 2.45) is 0 Å². The maximum atomic E-state index is 11.6. The van der Waals surface area contributed by atoms with Gasteiger partial charge in [-0.2, -0.15) is 0 Å². The Balaban J connectivity index is 2.24. The fourth-order valence-corrected chi connectivity index (χ4v) is 2.00. The summed E-state index contributed by atoms with van der Waals surface area (Å²) in [6.07, 6.45) is 0.571. The van der Waals surface area contributed by atoms with Gasteiger partial charge in [-0.05, 0) is 13.3 Å². The molecule has 0 aromatic heterocycles.